The molecule has 0 saturated heterocycles. The fraction of sp³-hybridized carbons (Fsp3) is 0.625. The molecule has 84 valence electrons. The Bertz CT molecular complexity index is 310. The van der Waals surface area contributed by atoms with Crippen molar-refractivity contribution in [1.29, 1.82) is 0 Å². The Morgan fingerprint density at radius 1 is 1.33 bits per heavy atom. The molecule has 0 bridgehead atoms. The normalized spacial score (nSPS) is 19.0. The molecule has 7 nitrogen and oxygen atoms in total. The second kappa shape index (κ2) is 3.85. The average Bonchev–Trinajstić information content (AvgIpc) is 2.84. The minimum absolute atomic E-state index is 0.355. The van der Waals surface area contributed by atoms with Crippen molar-refractivity contribution in [2.45, 2.75) is 30.8 Å². The average molecular weight is 216 g/mol. The molecule has 0 heterocycles. The maximum Gasteiger partial charge on any atom is 0.329 e. The number of nitrogens with two attached hydrogens (primary N) is 1. The second-order valence-electron chi connectivity index (χ2n) is 3.58. The maximum atomic E-state index is 11.3. The van der Waals surface area contributed by atoms with Gasteiger partial charge in [0.1, 0.15) is 5.54 Å². The standard InChI is InChI=1S/C8H12N2O5/c9-4(3-5(11)12)6(13)10-8(1-2-8)7(14)15/h4H,1-3,9H2,(H,10,13)(H,11,12)(H,14,15)/t4-/m0/s1. The molecule has 15 heavy (non-hydrogen) atoms. The molecule has 1 aliphatic rings. The van der Waals surface area contributed by atoms with Crippen LogP contribution in [0.2, 0.25) is 0 Å². The molecule has 0 radical (unpaired) electrons. The minimum atomic E-state index is -1.22. The molecule has 0 unspecified atom stereocenters. The molecule has 5 N–H and O–H groups in total. The highest BCUT2D eigenvalue weighted by Gasteiger charge is 2.52. The SMILES string of the molecule is N[C@@H](CC(=O)O)C(=O)NC1(C(=O)O)CC1. The van der Waals surface area contributed by atoms with Gasteiger partial charge in [0, 0.05) is 0 Å². The first kappa shape index (κ1) is 11.4. The molecule has 1 saturated carbocycles. The van der Waals surface area contributed by atoms with Gasteiger partial charge in [0.2, 0.25) is 5.91 Å². The Balaban J connectivity index is 2.49. The van der Waals surface area contributed by atoms with Gasteiger partial charge in [-0.25, -0.2) is 4.79 Å². The lowest BCUT2D eigenvalue weighted by Crippen LogP contribution is -2.50. The van der Waals surface area contributed by atoms with Gasteiger partial charge >= 0.3 is 11.9 Å². The summed E-state index contributed by atoms with van der Waals surface area (Å²) in [6.07, 6.45) is 0.198. The number of carboxylic acid groups (broad SMARTS) is 2. The quantitative estimate of drug-likeness (QED) is 0.443. The van der Waals surface area contributed by atoms with Gasteiger partial charge in [0.05, 0.1) is 12.5 Å². The largest absolute Gasteiger partial charge is 0.481 e. The molecule has 0 aliphatic heterocycles. The summed E-state index contributed by atoms with van der Waals surface area (Å²) < 4.78 is 0. The van der Waals surface area contributed by atoms with Crippen LogP contribution in [-0.4, -0.2) is 39.6 Å². The smallest absolute Gasteiger partial charge is 0.329 e. The first-order valence-corrected chi connectivity index (χ1v) is 4.40. The van der Waals surface area contributed by atoms with E-state index in [0.717, 1.165) is 0 Å². The third-order valence-corrected chi connectivity index (χ3v) is 2.25. The van der Waals surface area contributed by atoms with Crippen molar-refractivity contribution in [3.8, 4) is 0 Å². The number of carbonyl (C=O) groups excluding carboxylic acids is 1. The van der Waals surface area contributed by atoms with Gasteiger partial charge in [0.25, 0.3) is 0 Å². The van der Waals surface area contributed by atoms with E-state index in [0.29, 0.717) is 12.8 Å². The molecule has 1 atom stereocenters. The summed E-state index contributed by atoms with van der Waals surface area (Å²) in [6.45, 7) is 0. The molecule has 1 rings (SSSR count). The maximum absolute atomic E-state index is 11.3. The van der Waals surface area contributed by atoms with Crippen molar-refractivity contribution in [3.05, 3.63) is 0 Å². The van der Waals surface area contributed by atoms with Crippen LogP contribution in [0.25, 0.3) is 0 Å². The van der Waals surface area contributed by atoms with E-state index in [-0.39, 0.29) is 0 Å². The fourth-order valence-corrected chi connectivity index (χ4v) is 1.13. The summed E-state index contributed by atoms with van der Waals surface area (Å²) >= 11 is 0. The van der Waals surface area contributed by atoms with Crippen LogP contribution in [0.15, 0.2) is 0 Å². The number of rotatable bonds is 5. The second-order valence-corrected chi connectivity index (χ2v) is 3.58. The van der Waals surface area contributed by atoms with Crippen LogP contribution >= 0.6 is 0 Å². The molecule has 0 aromatic heterocycles. The van der Waals surface area contributed by atoms with Gasteiger partial charge in [-0.3, -0.25) is 9.59 Å². The lowest BCUT2D eigenvalue weighted by Gasteiger charge is -2.15. The van der Waals surface area contributed by atoms with Crippen molar-refractivity contribution in [2.75, 3.05) is 0 Å². The number of hydrogen-bond acceptors (Lipinski definition) is 4. The monoisotopic (exact) mass is 216 g/mol. The highest BCUT2D eigenvalue weighted by atomic mass is 16.4. The van der Waals surface area contributed by atoms with Crippen LogP contribution in [-0.2, 0) is 14.4 Å². The summed E-state index contributed by atoms with van der Waals surface area (Å²) in [5, 5.41) is 19.4. The van der Waals surface area contributed by atoms with Gasteiger partial charge in [-0.2, -0.15) is 0 Å². The Labute approximate surface area is 85.3 Å². The predicted molar refractivity (Wildman–Crippen MR) is 48.0 cm³/mol. The van der Waals surface area contributed by atoms with Crippen molar-refractivity contribution < 1.29 is 24.6 Å². The van der Waals surface area contributed by atoms with E-state index >= 15 is 0 Å². The Morgan fingerprint density at radius 3 is 2.20 bits per heavy atom. The van der Waals surface area contributed by atoms with Crippen molar-refractivity contribution >= 4 is 17.8 Å². The summed E-state index contributed by atoms with van der Waals surface area (Å²) in [6, 6.07) is -1.21. The first-order chi connectivity index (χ1) is 6.87. The molecule has 1 amide bonds. The summed E-state index contributed by atoms with van der Waals surface area (Å²) in [7, 11) is 0. The lowest BCUT2D eigenvalue weighted by atomic mass is 10.2. The van der Waals surface area contributed by atoms with Gasteiger partial charge < -0.3 is 21.3 Å². The van der Waals surface area contributed by atoms with E-state index in [1.165, 1.54) is 0 Å². The summed E-state index contributed by atoms with van der Waals surface area (Å²) in [4.78, 5) is 32.2. The fourth-order valence-electron chi connectivity index (χ4n) is 1.13. The van der Waals surface area contributed by atoms with Crippen LogP contribution in [0.3, 0.4) is 0 Å². The van der Waals surface area contributed by atoms with E-state index in [9.17, 15) is 14.4 Å². The number of hydrogen-bond donors (Lipinski definition) is 4. The highest BCUT2D eigenvalue weighted by molar-refractivity contribution is 5.93. The van der Waals surface area contributed by atoms with Crippen LogP contribution in [0.1, 0.15) is 19.3 Å². The van der Waals surface area contributed by atoms with Crippen LogP contribution in [0, 0.1) is 0 Å². The third kappa shape index (κ3) is 2.66. The molecule has 1 fully saturated rings. The molecule has 0 aromatic rings. The van der Waals surface area contributed by atoms with E-state index in [1.807, 2.05) is 0 Å². The molecule has 7 heteroatoms. The van der Waals surface area contributed by atoms with Crippen molar-refractivity contribution in [3.63, 3.8) is 0 Å². The van der Waals surface area contributed by atoms with E-state index < -0.39 is 35.8 Å². The van der Waals surface area contributed by atoms with Crippen LogP contribution in [0.5, 0.6) is 0 Å². The highest BCUT2D eigenvalue weighted by Crippen LogP contribution is 2.35. The Kier molecular flexibility index (Phi) is 2.94. The molecule has 1 aliphatic carbocycles. The van der Waals surface area contributed by atoms with Gasteiger partial charge in [0.15, 0.2) is 0 Å². The predicted octanol–water partition coefficient (Wildman–Crippen LogP) is -1.48. The minimum Gasteiger partial charge on any atom is -0.481 e. The zero-order chi connectivity index (χ0) is 11.6. The summed E-state index contributed by atoms with van der Waals surface area (Å²) in [5.41, 5.74) is 4.05. The number of aliphatic carboxylic acids is 2. The number of carbonyl (C=O) groups is 3. The number of nitrogens with one attached hydrogen (secondary N) is 1. The van der Waals surface area contributed by atoms with Gasteiger partial charge in [-0.05, 0) is 12.8 Å². The Hall–Kier alpha value is -1.63. The van der Waals surface area contributed by atoms with Gasteiger partial charge in [-0.15, -0.1) is 0 Å². The number of carboxylic acids is 2. The van der Waals surface area contributed by atoms with Crippen molar-refractivity contribution in [1.82, 2.24) is 5.32 Å². The third-order valence-electron chi connectivity index (χ3n) is 2.25. The summed E-state index contributed by atoms with van der Waals surface area (Å²) in [5.74, 6) is -3.05. The number of amides is 1. The first-order valence-electron chi connectivity index (χ1n) is 4.40. The molecular weight excluding hydrogens is 204 g/mol. The molecular formula is C8H12N2O5. The molecule has 0 aromatic carbocycles. The van der Waals surface area contributed by atoms with Crippen molar-refractivity contribution in [2.24, 2.45) is 5.73 Å². The Morgan fingerprint density at radius 2 is 1.87 bits per heavy atom. The zero-order valence-electron chi connectivity index (χ0n) is 7.90. The van der Waals surface area contributed by atoms with Crippen LogP contribution < -0.4 is 11.1 Å². The van der Waals surface area contributed by atoms with E-state index in [2.05, 4.69) is 5.32 Å². The molecule has 0 spiro atoms. The topological polar surface area (TPSA) is 130 Å². The van der Waals surface area contributed by atoms with Crippen LogP contribution in [0.4, 0.5) is 0 Å². The van der Waals surface area contributed by atoms with E-state index in [1.54, 1.807) is 0 Å². The zero-order valence-corrected chi connectivity index (χ0v) is 7.90. The lowest BCUT2D eigenvalue weighted by molar-refractivity contribution is -0.143. The van der Waals surface area contributed by atoms with Gasteiger partial charge in [-0.1, -0.05) is 0 Å². The van der Waals surface area contributed by atoms with E-state index in [4.69, 9.17) is 15.9 Å².